The first-order valence-electron chi connectivity index (χ1n) is 6.63. The van der Waals surface area contributed by atoms with Crippen molar-refractivity contribution in [1.82, 2.24) is 4.90 Å². The van der Waals surface area contributed by atoms with Crippen LogP contribution in [-0.4, -0.2) is 40.2 Å². The third kappa shape index (κ3) is 6.10. The zero-order valence-corrected chi connectivity index (χ0v) is 12.7. The second kappa shape index (κ2) is 8.64. The Balaban J connectivity index is 2.40. The molecule has 0 aromatic heterocycles. The average molecular weight is 295 g/mol. The van der Waals surface area contributed by atoms with Crippen molar-refractivity contribution in [2.45, 2.75) is 32.1 Å². The Labute approximate surface area is 124 Å². The van der Waals surface area contributed by atoms with Crippen LogP contribution in [0.5, 0.6) is 0 Å². The van der Waals surface area contributed by atoms with E-state index in [4.69, 9.17) is 5.11 Å². The lowest BCUT2D eigenvalue weighted by Gasteiger charge is -2.26. The highest BCUT2D eigenvalue weighted by Crippen LogP contribution is 2.13. The first-order chi connectivity index (χ1) is 9.50. The van der Waals surface area contributed by atoms with E-state index in [0.717, 1.165) is 5.75 Å². The average Bonchev–Trinajstić information content (AvgIpc) is 2.39. The number of aliphatic carboxylic acids is 1. The lowest BCUT2D eigenvalue weighted by atomic mass is 10.2. The molecule has 0 atom stereocenters. The number of rotatable bonds is 8. The van der Waals surface area contributed by atoms with Gasteiger partial charge in [0.05, 0.1) is 12.2 Å². The minimum atomic E-state index is -0.875. The molecule has 0 fully saturated rings. The Hall–Kier alpha value is -1.49. The topological polar surface area (TPSA) is 57.6 Å². The molecule has 0 bridgehead atoms. The van der Waals surface area contributed by atoms with Gasteiger partial charge in [0, 0.05) is 18.3 Å². The highest BCUT2D eigenvalue weighted by atomic mass is 32.2. The van der Waals surface area contributed by atoms with Gasteiger partial charge in [-0.25, -0.2) is 0 Å². The van der Waals surface area contributed by atoms with Crippen LogP contribution in [0.2, 0.25) is 0 Å². The van der Waals surface area contributed by atoms with E-state index in [1.54, 1.807) is 16.7 Å². The Morgan fingerprint density at radius 2 is 1.90 bits per heavy atom. The van der Waals surface area contributed by atoms with Crippen molar-refractivity contribution in [2.24, 2.45) is 0 Å². The van der Waals surface area contributed by atoms with E-state index >= 15 is 0 Å². The molecule has 1 amide bonds. The number of carbonyl (C=O) groups excluding carboxylic acids is 1. The van der Waals surface area contributed by atoms with Gasteiger partial charge >= 0.3 is 5.97 Å². The van der Waals surface area contributed by atoms with E-state index in [0.29, 0.717) is 5.75 Å². The van der Waals surface area contributed by atoms with Gasteiger partial charge in [0.1, 0.15) is 0 Å². The first-order valence-corrected chi connectivity index (χ1v) is 7.79. The number of nitrogens with zero attached hydrogens (tertiary/aromatic N) is 1. The van der Waals surface area contributed by atoms with Crippen molar-refractivity contribution in [2.75, 3.05) is 12.3 Å². The number of hydrogen-bond donors (Lipinski definition) is 1. The Morgan fingerprint density at radius 3 is 2.45 bits per heavy atom. The lowest BCUT2D eigenvalue weighted by Crippen LogP contribution is -2.39. The summed E-state index contributed by atoms with van der Waals surface area (Å²) in [6.07, 6.45) is -0.00667. The molecular weight excluding hydrogens is 274 g/mol. The second-order valence-corrected chi connectivity index (χ2v) is 5.79. The van der Waals surface area contributed by atoms with Gasteiger partial charge in [0.15, 0.2) is 0 Å². The van der Waals surface area contributed by atoms with Crippen LogP contribution in [0.25, 0.3) is 0 Å². The second-order valence-electron chi connectivity index (χ2n) is 4.80. The zero-order valence-electron chi connectivity index (χ0n) is 11.9. The number of carboxylic acids is 1. The number of hydrogen-bond acceptors (Lipinski definition) is 3. The Kier molecular flexibility index (Phi) is 7.15. The fourth-order valence-corrected chi connectivity index (χ4v) is 2.67. The van der Waals surface area contributed by atoms with Crippen LogP contribution < -0.4 is 0 Å². The maximum absolute atomic E-state index is 12.1. The van der Waals surface area contributed by atoms with Crippen molar-refractivity contribution < 1.29 is 14.7 Å². The molecule has 0 spiro atoms. The summed E-state index contributed by atoms with van der Waals surface area (Å²) in [7, 11) is 0. The van der Waals surface area contributed by atoms with Crippen LogP contribution in [-0.2, 0) is 15.3 Å². The summed E-state index contributed by atoms with van der Waals surface area (Å²) < 4.78 is 0. The van der Waals surface area contributed by atoms with Crippen molar-refractivity contribution in [3.8, 4) is 0 Å². The normalized spacial score (nSPS) is 10.6. The molecule has 110 valence electrons. The molecule has 0 aliphatic carbocycles. The molecule has 20 heavy (non-hydrogen) atoms. The molecule has 0 saturated carbocycles. The third-order valence-electron chi connectivity index (χ3n) is 2.85. The van der Waals surface area contributed by atoms with E-state index in [9.17, 15) is 9.59 Å². The number of carbonyl (C=O) groups is 2. The summed E-state index contributed by atoms with van der Waals surface area (Å²) in [5.41, 5.74) is 1.19. The molecule has 1 N–H and O–H groups in total. The molecule has 0 aliphatic heterocycles. The summed E-state index contributed by atoms with van der Waals surface area (Å²) in [5, 5.41) is 8.71. The van der Waals surface area contributed by atoms with Crippen LogP contribution in [0.15, 0.2) is 30.3 Å². The molecule has 0 saturated heterocycles. The predicted octanol–water partition coefficient (Wildman–Crippen LogP) is 2.63. The highest BCUT2D eigenvalue weighted by molar-refractivity contribution is 7.99. The van der Waals surface area contributed by atoms with Crippen molar-refractivity contribution in [3.63, 3.8) is 0 Å². The van der Waals surface area contributed by atoms with E-state index in [1.165, 1.54) is 5.56 Å². The van der Waals surface area contributed by atoms with Crippen molar-refractivity contribution in [1.29, 1.82) is 0 Å². The van der Waals surface area contributed by atoms with Crippen molar-refractivity contribution in [3.05, 3.63) is 35.9 Å². The van der Waals surface area contributed by atoms with Gasteiger partial charge in [0.2, 0.25) is 5.91 Å². The van der Waals surface area contributed by atoms with Crippen molar-refractivity contribution >= 4 is 23.6 Å². The van der Waals surface area contributed by atoms with E-state index in [-0.39, 0.29) is 24.9 Å². The quantitative estimate of drug-likeness (QED) is 0.801. The van der Waals surface area contributed by atoms with E-state index in [2.05, 4.69) is 0 Å². The van der Waals surface area contributed by atoms with Crippen LogP contribution >= 0.6 is 11.8 Å². The number of amides is 1. The molecule has 0 heterocycles. The standard InChI is InChI=1S/C15H21NO3S/c1-12(2)16(9-8-15(18)19)14(17)11-20-10-13-6-4-3-5-7-13/h3-7,12H,8-11H2,1-2H3,(H,18,19). The minimum Gasteiger partial charge on any atom is -0.481 e. The molecule has 4 nitrogen and oxygen atoms in total. The van der Waals surface area contributed by atoms with E-state index < -0.39 is 5.97 Å². The number of benzene rings is 1. The summed E-state index contributed by atoms with van der Waals surface area (Å²) in [4.78, 5) is 24.3. The number of carboxylic acid groups (broad SMARTS) is 1. The summed E-state index contributed by atoms with van der Waals surface area (Å²) in [6, 6.07) is 10.0. The smallest absolute Gasteiger partial charge is 0.305 e. The van der Waals surface area contributed by atoms with Gasteiger partial charge in [-0.05, 0) is 19.4 Å². The fraction of sp³-hybridized carbons (Fsp3) is 0.467. The predicted molar refractivity (Wildman–Crippen MR) is 81.7 cm³/mol. The maximum Gasteiger partial charge on any atom is 0.305 e. The molecule has 0 aliphatic rings. The SMILES string of the molecule is CC(C)N(CCC(=O)O)C(=O)CSCc1ccccc1. The van der Waals surface area contributed by atoms with E-state index in [1.807, 2.05) is 44.2 Å². The maximum atomic E-state index is 12.1. The molecule has 1 aromatic rings. The molecule has 5 heteroatoms. The molecule has 1 aromatic carbocycles. The molecule has 0 unspecified atom stereocenters. The third-order valence-corrected chi connectivity index (χ3v) is 3.84. The largest absolute Gasteiger partial charge is 0.481 e. The first kappa shape index (κ1) is 16.6. The fourth-order valence-electron chi connectivity index (χ4n) is 1.80. The van der Waals surface area contributed by atoms with Crippen LogP contribution in [0, 0.1) is 0 Å². The number of thioether (sulfide) groups is 1. The minimum absolute atomic E-state index is 0.00202. The monoisotopic (exact) mass is 295 g/mol. The Morgan fingerprint density at radius 1 is 1.25 bits per heavy atom. The van der Waals surface area contributed by atoms with Gasteiger partial charge < -0.3 is 10.0 Å². The molecule has 1 rings (SSSR count). The molecular formula is C15H21NO3S. The Bertz CT molecular complexity index is 434. The summed E-state index contributed by atoms with van der Waals surface area (Å²) in [6.45, 7) is 4.08. The molecule has 0 radical (unpaired) electrons. The van der Waals surface area contributed by atoms with Crippen LogP contribution in [0.4, 0.5) is 0 Å². The lowest BCUT2D eigenvalue weighted by molar-refractivity contribution is -0.138. The van der Waals surface area contributed by atoms with Gasteiger partial charge in [-0.15, -0.1) is 11.8 Å². The van der Waals surface area contributed by atoms with Gasteiger partial charge in [-0.3, -0.25) is 9.59 Å². The van der Waals surface area contributed by atoms with Crippen LogP contribution in [0.3, 0.4) is 0 Å². The van der Waals surface area contributed by atoms with Gasteiger partial charge in [-0.2, -0.15) is 0 Å². The van der Waals surface area contributed by atoms with Gasteiger partial charge in [-0.1, -0.05) is 30.3 Å². The summed E-state index contributed by atoms with van der Waals surface area (Å²) in [5.74, 6) is 0.298. The zero-order chi connectivity index (χ0) is 15.0. The summed E-state index contributed by atoms with van der Waals surface area (Å²) >= 11 is 1.56. The highest BCUT2D eigenvalue weighted by Gasteiger charge is 2.17. The van der Waals surface area contributed by atoms with Crippen LogP contribution in [0.1, 0.15) is 25.8 Å². The van der Waals surface area contributed by atoms with Gasteiger partial charge in [0.25, 0.3) is 0 Å².